The Bertz CT molecular complexity index is 707. The molecule has 0 spiro atoms. The fraction of sp³-hybridized carbons (Fsp3) is 0.0833. The van der Waals surface area contributed by atoms with Crippen LogP contribution in [0.2, 0.25) is 0 Å². The third-order valence-corrected chi connectivity index (χ3v) is 2.70. The Balaban J connectivity index is 2.26. The molecular formula is C12H11N5O. The molecule has 3 aromatic rings. The number of hydrogen-bond donors (Lipinski definition) is 1. The topological polar surface area (TPSA) is 78.9 Å². The van der Waals surface area contributed by atoms with Gasteiger partial charge in [0.2, 0.25) is 5.88 Å². The van der Waals surface area contributed by atoms with E-state index in [2.05, 4.69) is 15.1 Å². The van der Waals surface area contributed by atoms with E-state index in [4.69, 9.17) is 10.5 Å². The van der Waals surface area contributed by atoms with Crippen LogP contribution in [0.5, 0.6) is 5.88 Å². The van der Waals surface area contributed by atoms with Crippen LogP contribution in [0.15, 0.2) is 36.8 Å². The molecule has 0 amide bonds. The molecule has 0 aliphatic rings. The molecule has 1 aromatic carbocycles. The molecule has 6 nitrogen and oxygen atoms in total. The fourth-order valence-corrected chi connectivity index (χ4v) is 1.84. The van der Waals surface area contributed by atoms with Crippen molar-refractivity contribution < 1.29 is 4.74 Å². The van der Waals surface area contributed by atoms with Crippen molar-refractivity contribution in [1.29, 1.82) is 0 Å². The van der Waals surface area contributed by atoms with Crippen molar-refractivity contribution in [3.05, 3.63) is 36.8 Å². The van der Waals surface area contributed by atoms with Gasteiger partial charge in [0.15, 0.2) is 5.82 Å². The highest BCUT2D eigenvalue weighted by molar-refractivity contribution is 5.81. The van der Waals surface area contributed by atoms with E-state index >= 15 is 0 Å². The monoisotopic (exact) mass is 241 g/mol. The summed E-state index contributed by atoms with van der Waals surface area (Å²) >= 11 is 0. The van der Waals surface area contributed by atoms with Gasteiger partial charge in [0, 0.05) is 5.39 Å². The smallest absolute Gasteiger partial charge is 0.242 e. The number of rotatable bonds is 2. The molecule has 3 rings (SSSR count). The fourth-order valence-electron chi connectivity index (χ4n) is 1.84. The molecule has 0 aliphatic carbocycles. The first-order chi connectivity index (χ1) is 8.81. The van der Waals surface area contributed by atoms with Crippen LogP contribution >= 0.6 is 0 Å². The highest BCUT2D eigenvalue weighted by Gasteiger charge is 2.13. The second-order valence-corrected chi connectivity index (χ2v) is 3.74. The minimum Gasteiger partial charge on any atom is -0.479 e. The van der Waals surface area contributed by atoms with Crippen molar-refractivity contribution in [3.8, 4) is 11.7 Å². The molecular weight excluding hydrogens is 230 g/mol. The summed E-state index contributed by atoms with van der Waals surface area (Å²) < 4.78 is 6.75. The summed E-state index contributed by atoms with van der Waals surface area (Å²) in [5, 5.41) is 5.32. The summed E-state index contributed by atoms with van der Waals surface area (Å²) in [5.74, 6) is 0.864. The zero-order valence-electron chi connectivity index (χ0n) is 9.74. The number of hydrogen-bond acceptors (Lipinski definition) is 5. The van der Waals surface area contributed by atoms with Crippen LogP contribution in [0.4, 0.5) is 5.69 Å². The number of anilines is 1. The number of nitrogens with two attached hydrogens (primary N) is 1. The van der Waals surface area contributed by atoms with Crippen LogP contribution in [-0.4, -0.2) is 26.9 Å². The summed E-state index contributed by atoms with van der Waals surface area (Å²) in [6, 6.07) is 7.83. The molecule has 2 heterocycles. The summed E-state index contributed by atoms with van der Waals surface area (Å²) in [6.07, 6.45) is 3.17. The molecule has 0 radical (unpaired) electrons. The van der Waals surface area contributed by atoms with E-state index in [1.165, 1.54) is 13.4 Å². The van der Waals surface area contributed by atoms with Crippen LogP contribution in [0.3, 0.4) is 0 Å². The lowest BCUT2D eigenvalue weighted by Crippen LogP contribution is -2.06. The van der Waals surface area contributed by atoms with Gasteiger partial charge in [-0.3, -0.25) is 0 Å². The summed E-state index contributed by atoms with van der Waals surface area (Å²) in [5.41, 5.74) is 7.27. The molecule has 0 fully saturated rings. The first-order valence-electron chi connectivity index (χ1n) is 5.39. The van der Waals surface area contributed by atoms with Gasteiger partial charge in [-0.05, 0) is 6.07 Å². The normalized spacial score (nSPS) is 10.7. The number of ether oxygens (including phenoxy) is 1. The second-order valence-electron chi connectivity index (χ2n) is 3.74. The summed E-state index contributed by atoms with van der Waals surface area (Å²) in [7, 11) is 1.52. The van der Waals surface area contributed by atoms with Gasteiger partial charge in [-0.2, -0.15) is 10.1 Å². The van der Waals surface area contributed by atoms with Gasteiger partial charge in [0.1, 0.15) is 12.0 Å². The van der Waals surface area contributed by atoms with E-state index in [0.29, 0.717) is 17.4 Å². The van der Waals surface area contributed by atoms with Gasteiger partial charge in [0.05, 0.1) is 18.8 Å². The van der Waals surface area contributed by atoms with Crippen molar-refractivity contribution in [2.24, 2.45) is 0 Å². The third-order valence-electron chi connectivity index (χ3n) is 2.70. The van der Waals surface area contributed by atoms with E-state index in [0.717, 1.165) is 10.9 Å². The van der Waals surface area contributed by atoms with Crippen molar-refractivity contribution in [2.45, 2.75) is 0 Å². The molecule has 0 atom stereocenters. The van der Waals surface area contributed by atoms with Crippen LogP contribution in [0.1, 0.15) is 0 Å². The minimum atomic E-state index is 0.347. The lowest BCUT2D eigenvalue weighted by Gasteiger charge is -2.08. The Morgan fingerprint density at radius 3 is 2.89 bits per heavy atom. The van der Waals surface area contributed by atoms with Crippen molar-refractivity contribution in [3.63, 3.8) is 0 Å². The largest absolute Gasteiger partial charge is 0.479 e. The molecule has 2 aromatic heterocycles. The van der Waals surface area contributed by atoms with E-state index < -0.39 is 0 Å². The molecule has 18 heavy (non-hydrogen) atoms. The Morgan fingerprint density at radius 1 is 1.22 bits per heavy atom. The number of para-hydroxylation sites is 1. The Hall–Kier alpha value is -2.63. The average molecular weight is 241 g/mol. The minimum absolute atomic E-state index is 0.347. The molecule has 90 valence electrons. The van der Waals surface area contributed by atoms with Crippen molar-refractivity contribution >= 4 is 16.6 Å². The van der Waals surface area contributed by atoms with Gasteiger partial charge >= 0.3 is 0 Å². The van der Waals surface area contributed by atoms with E-state index in [9.17, 15) is 0 Å². The zero-order valence-corrected chi connectivity index (χ0v) is 9.74. The summed E-state index contributed by atoms with van der Waals surface area (Å²) in [6.45, 7) is 0. The predicted molar refractivity (Wildman–Crippen MR) is 67.6 cm³/mol. The number of fused-ring (bicyclic) bond motifs is 1. The predicted octanol–water partition coefficient (Wildman–Crippen LogP) is 1.41. The van der Waals surface area contributed by atoms with E-state index in [1.54, 1.807) is 10.9 Å². The van der Waals surface area contributed by atoms with Crippen LogP contribution in [0.25, 0.3) is 16.7 Å². The van der Waals surface area contributed by atoms with Crippen molar-refractivity contribution in [1.82, 2.24) is 19.7 Å². The molecule has 0 bridgehead atoms. The number of benzene rings is 1. The second kappa shape index (κ2) is 3.99. The zero-order chi connectivity index (χ0) is 12.5. The SMILES string of the molecule is COc1ncnc(-n2ncc3ccccc32)c1N. The van der Waals surface area contributed by atoms with Crippen molar-refractivity contribution in [2.75, 3.05) is 12.8 Å². The average Bonchev–Trinajstić information content (AvgIpc) is 2.83. The maximum absolute atomic E-state index is 5.97. The first kappa shape index (κ1) is 10.5. The highest BCUT2D eigenvalue weighted by Crippen LogP contribution is 2.25. The quantitative estimate of drug-likeness (QED) is 0.733. The number of aromatic nitrogens is 4. The van der Waals surface area contributed by atoms with Gasteiger partial charge < -0.3 is 10.5 Å². The van der Waals surface area contributed by atoms with E-state index in [-0.39, 0.29) is 0 Å². The molecule has 0 aliphatic heterocycles. The van der Waals surface area contributed by atoms with Crippen LogP contribution in [-0.2, 0) is 0 Å². The lowest BCUT2D eigenvalue weighted by molar-refractivity contribution is 0.399. The van der Waals surface area contributed by atoms with Crippen LogP contribution in [0, 0.1) is 0 Å². The molecule has 6 heteroatoms. The molecule has 0 unspecified atom stereocenters. The maximum atomic E-state index is 5.97. The first-order valence-corrected chi connectivity index (χ1v) is 5.39. The van der Waals surface area contributed by atoms with Crippen LogP contribution < -0.4 is 10.5 Å². The van der Waals surface area contributed by atoms with E-state index in [1.807, 2.05) is 24.3 Å². The number of nitrogens with zero attached hydrogens (tertiary/aromatic N) is 4. The lowest BCUT2D eigenvalue weighted by atomic mass is 10.2. The highest BCUT2D eigenvalue weighted by atomic mass is 16.5. The Kier molecular flexibility index (Phi) is 2.33. The third kappa shape index (κ3) is 1.46. The van der Waals surface area contributed by atoms with Gasteiger partial charge in [-0.15, -0.1) is 0 Å². The standard InChI is InChI=1S/C12H11N5O/c1-18-12-10(13)11(14-7-15-12)17-9-5-3-2-4-8(9)6-16-17/h2-7H,13H2,1H3. The Morgan fingerprint density at radius 2 is 2.06 bits per heavy atom. The molecule has 2 N–H and O–H groups in total. The molecule has 0 saturated carbocycles. The molecule has 0 saturated heterocycles. The van der Waals surface area contributed by atoms with Gasteiger partial charge in [-0.25, -0.2) is 9.67 Å². The number of methoxy groups -OCH3 is 1. The maximum Gasteiger partial charge on any atom is 0.242 e. The summed E-state index contributed by atoms with van der Waals surface area (Å²) in [4.78, 5) is 8.11. The van der Waals surface area contributed by atoms with Gasteiger partial charge in [-0.1, -0.05) is 18.2 Å². The number of nitrogen functional groups attached to an aromatic ring is 1. The Labute approximate surface area is 103 Å². The van der Waals surface area contributed by atoms with Gasteiger partial charge in [0.25, 0.3) is 0 Å².